The molecule has 0 bridgehead atoms. The van der Waals surface area contributed by atoms with Crippen LogP contribution in [0, 0.1) is 0 Å². The van der Waals surface area contributed by atoms with Crippen LogP contribution in [0.5, 0.6) is 0 Å². The van der Waals surface area contributed by atoms with Gasteiger partial charge in [-0.2, -0.15) is 0 Å². The van der Waals surface area contributed by atoms with E-state index >= 15 is 0 Å². The Morgan fingerprint density at radius 2 is 1.39 bits per heavy atom. The van der Waals surface area contributed by atoms with Crippen LogP contribution in [0.3, 0.4) is 0 Å². The molecule has 0 aliphatic carbocycles. The summed E-state index contributed by atoms with van der Waals surface area (Å²) in [5, 5.41) is 5.49. The quantitative estimate of drug-likeness (QED) is 0.825. The number of amides is 2. The van der Waals surface area contributed by atoms with Crippen molar-refractivity contribution in [3.8, 4) is 0 Å². The van der Waals surface area contributed by atoms with Crippen molar-refractivity contribution in [2.45, 2.75) is 19.3 Å². The van der Waals surface area contributed by atoms with Gasteiger partial charge in [-0.05, 0) is 17.5 Å². The molecule has 0 heterocycles. The zero-order chi connectivity index (χ0) is 16.5. The third-order valence-corrected chi connectivity index (χ3v) is 3.52. The van der Waals surface area contributed by atoms with E-state index in [2.05, 4.69) is 10.6 Å². The fourth-order valence-corrected chi connectivity index (χ4v) is 2.38. The first-order valence-corrected chi connectivity index (χ1v) is 7.86. The van der Waals surface area contributed by atoms with Gasteiger partial charge in [-0.25, -0.2) is 0 Å². The van der Waals surface area contributed by atoms with E-state index in [1.54, 1.807) is 0 Å². The van der Waals surface area contributed by atoms with E-state index < -0.39 is 5.92 Å². The smallest absolute Gasteiger partial charge is 0.239 e. The average Bonchev–Trinajstić information content (AvgIpc) is 2.60. The minimum absolute atomic E-state index is 0.00496. The molecule has 0 saturated heterocycles. The van der Waals surface area contributed by atoms with Gasteiger partial charge in [0, 0.05) is 6.54 Å². The number of carbonyl (C=O) groups excluding carboxylic acids is 2. The Morgan fingerprint density at radius 3 is 1.87 bits per heavy atom. The number of hydrogen-bond acceptors (Lipinski definition) is 2. The first-order chi connectivity index (χ1) is 11.2. The van der Waals surface area contributed by atoms with Gasteiger partial charge >= 0.3 is 0 Å². The largest absolute Gasteiger partial charge is 0.355 e. The summed E-state index contributed by atoms with van der Waals surface area (Å²) < 4.78 is 0. The van der Waals surface area contributed by atoms with Crippen LogP contribution in [-0.2, 0) is 9.59 Å². The van der Waals surface area contributed by atoms with Crippen LogP contribution in [0.2, 0.25) is 0 Å². The predicted octanol–water partition coefficient (Wildman–Crippen LogP) is 2.46. The Labute approximate surface area is 136 Å². The molecule has 2 aromatic carbocycles. The van der Waals surface area contributed by atoms with E-state index in [4.69, 9.17) is 0 Å². The lowest BCUT2D eigenvalue weighted by Crippen LogP contribution is -2.39. The van der Waals surface area contributed by atoms with E-state index in [1.165, 1.54) is 0 Å². The lowest BCUT2D eigenvalue weighted by molar-refractivity contribution is -0.126. The second-order valence-corrected chi connectivity index (χ2v) is 5.32. The maximum absolute atomic E-state index is 12.6. The van der Waals surface area contributed by atoms with Crippen molar-refractivity contribution < 1.29 is 9.59 Å². The standard InChI is InChI=1S/C19H22N2O2/c1-2-13-20-17(22)14-21-19(23)18(15-9-5-3-6-10-15)16-11-7-4-8-12-16/h3-12,18H,2,13-14H2,1H3,(H,20,22)(H,21,23). The molecular weight excluding hydrogens is 288 g/mol. The Morgan fingerprint density at radius 1 is 0.870 bits per heavy atom. The first-order valence-electron chi connectivity index (χ1n) is 7.86. The molecule has 0 fully saturated rings. The third-order valence-electron chi connectivity index (χ3n) is 3.52. The lowest BCUT2D eigenvalue weighted by atomic mass is 9.90. The molecule has 0 aliphatic rings. The highest BCUT2D eigenvalue weighted by Gasteiger charge is 2.22. The maximum atomic E-state index is 12.6. The van der Waals surface area contributed by atoms with Gasteiger partial charge in [0.2, 0.25) is 11.8 Å². The molecule has 0 radical (unpaired) electrons. The summed E-state index contributed by atoms with van der Waals surface area (Å²) in [5.74, 6) is -0.759. The molecule has 0 spiro atoms. The fraction of sp³-hybridized carbons (Fsp3) is 0.263. The van der Waals surface area contributed by atoms with Crippen LogP contribution >= 0.6 is 0 Å². The van der Waals surface area contributed by atoms with Crippen molar-refractivity contribution in [1.29, 1.82) is 0 Å². The molecule has 2 aromatic rings. The number of benzene rings is 2. The van der Waals surface area contributed by atoms with E-state index in [0.29, 0.717) is 6.54 Å². The molecule has 2 amide bonds. The fourth-order valence-electron chi connectivity index (χ4n) is 2.38. The van der Waals surface area contributed by atoms with Gasteiger partial charge < -0.3 is 10.6 Å². The van der Waals surface area contributed by atoms with Crippen molar-refractivity contribution >= 4 is 11.8 Å². The average molecular weight is 310 g/mol. The van der Waals surface area contributed by atoms with Crippen molar-refractivity contribution in [2.24, 2.45) is 0 Å². The van der Waals surface area contributed by atoms with E-state index in [1.807, 2.05) is 67.6 Å². The van der Waals surface area contributed by atoms with Gasteiger partial charge in [-0.1, -0.05) is 67.6 Å². The van der Waals surface area contributed by atoms with Gasteiger partial charge in [0.15, 0.2) is 0 Å². The monoisotopic (exact) mass is 310 g/mol. The number of carbonyl (C=O) groups is 2. The molecule has 4 heteroatoms. The Bertz CT molecular complexity index is 587. The zero-order valence-electron chi connectivity index (χ0n) is 13.3. The molecule has 0 atom stereocenters. The molecule has 0 saturated carbocycles. The Hall–Kier alpha value is -2.62. The molecule has 0 aromatic heterocycles. The molecule has 2 N–H and O–H groups in total. The number of nitrogens with one attached hydrogen (secondary N) is 2. The summed E-state index contributed by atoms with van der Waals surface area (Å²) in [6.07, 6.45) is 0.871. The van der Waals surface area contributed by atoms with Crippen molar-refractivity contribution in [3.05, 3.63) is 71.8 Å². The van der Waals surface area contributed by atoms with Gasteiger partial charge in [0.1, 0.15) is 0 Å². The van der Waals surface area contributed by atoms with Crippen molar-refractivity contribution in [1.82, 2.24) is 10.6 Å². The van der Waals surface area contributed by atoms with Gasteiger partial charge in [0.05, 0.1) is 12.5 Å². The van der Waals surface area contributed by atoms with Crippen LogP contribution in [0.25, 0.3) is 0 Å². The molecule has 2 rings (SSSR count). The summed E-state index contributed by atoms with van der Waals surface area (Å²) in [7, 11) is 0. The Balaban J connectivity index is 2.12. The first kappa shape index (κ1) is 16.7. The highest BCUT2D eigenvalue weighted by Crippen LogP contribution is 2.24. The van der Waals surface area contributed by atoms with E-state index in [9.17, 15) is 9.59 Å². The molecule has 0 aliphatic heterocycles. The highest BCUT2D eigenvalue weighted by molar-refractivity contribution is 5.90. The highest BCUT2D eigenvalue weighted by atomic mass is 16.2. The third kappa shape index (κ3) is 4.95. The maximum Gasteiger partial charge on any atom is 0.239 e. The van der Waals surface area contributed by atoms with Gasteiger partial charge in [-0.15, -0.1) is 0 Å². The van der Waals surface area contributed by atoms with Crippen molar-refractivity contribution in [2.75, 3.05) is 13.1 Å². The number of hydrogen-bond donors (Lipinski definition) is 2. The second kappa shape index (κ2) is 8.73. The SMILES string of the molecule is CCCNC(=O)CNC(=O)C(c1ccccc1)c1ccccc1. The topological polar surface area (TPSA) is 58.2 Å². The minimum Gasteiger partial charge on any atom is -0.355 e. The summed E-state index contributed by atoms with van der Waals surface area (Å²) in [6.45, 7) is 2.60. The molecule has 0 unspecified atom stereocenters. The van der Waals surface area contributed by atoms with Crippen LogP contribution in [0.1, 0.15) is 30.4 Å². The van der Waals surface area contributed by atoms with Crippen LogP contribution in [0.4, 0.5) is 0 Å². The van der Waals surface area contributed by atoms with Crippen molar-refractivity contribution in [3.63, 3.8) is 0 Å². The Kier molecular flexibility index (Phi) is 6.36. The molecule has 4 nitrogen and oxygen atoms in total. The summed E-state index contributed by atoms with van der Waals surface area (Å²) in [6, 6.07) is 19.2. The lowest BCUT2D eigenvalue weighted by Gasteiger charge is -2.17. The summed E-state index contributed by atoms with van der Waals surface area (Å²) >= 11 is 0. The predicted molar refractivity (Wildman–Crippen MR) is 91.0 cm³/mol. The molecule has 23 heavy (non-hydrogen) atoms. The normalized spacial score (nSPS) is 10.3. The van der Waals surface area contributed by atoms with Gasteiger partial charge in [-0.3, -0.25) is 9.59 Å². The van der Waals surface area contributed by atoms with Gasteiger partial charge in [0.25, 0.3) is 0 Å². The number of rotatable bonds is 7. The van der Waals surface area contributed by atoms with E-state index in [0.717, 1.165) is 17.5 Å². The van der Waals surface area contributed by atoms with Crippen LogP contribution < -0.4 is 10.6 Å². The second-order valence-electron chi connectivity index (χ2n) is 5.32. The molecule has 120 valence electrons. The van der Waals surface area contributed by atoms with Crippen LogP contribution in [0.15, 0.2) is 60.7 Å². The summed E-state index contributed by atoms with van der Waals surface area (Å²) in [5.41, 5.74) is 1.82. The van der Waals surface area contributed by atoms with E-state index in [-0.39, 0.29) is 18.4 Å². The minimum atomic E-state index is -0.420. The molecular formula is C19H22N2O2. The zero-order valence-corrected chi connectivity index (χ0v) is 13.3. The summed E-state index contributed by atoms with van der Waals surface area (Å²) in [4.78, 5) is 24.3. The van der Waals surface area contributed by atoms with Crippen LogP contribution in [-0.4, -0.2) is 24.9 Å².